The smallest absolute Gasteiger partial charge is 0.166 e. The second-order valence-corrected chi connectivity index (χ2v) is 8.47. The number of hydrogen-bond donors (Lipinski definition) is 0. The van der Waals surface area contributed by atoms with Crippen molar-refractivity contribution in [2.24, 2.45) is 0 Å². The molecule has 0 aliphatic carbocycles. The molecule has 32 heavy (non-hydrogen) atoms. The molecule has 3 nitrogen and oxygen atoms in total. The van der Waals surface area contributed by atoms with Crippen molar-refractivity contribution in [2.45, 2.75) is 0 Å². The van der Waals surface area contributed by atoms with Crippen molar-refractivity contribution in [1.29, 1.82) is 0 Å². The summed E-state index contributed by atoms with van der Waals surface area (Å²) in [6, 6.07) is 34.1. The summed E-state index contributed by atoms with van der Waals surface area (Å²) in [5.74, 6) is 1.73. The SMILES string of the molecule is Clc1cccc(Br)c1-c1nc(-c2ccccc2)nc(-c2ccc(-c3ccccc3)cc2)n1. The van der Waals surface area contributed by atoms with Gasteiger partial charge in [-0.1, -0.05) is 103 Å². The number of hydrogen-bond acceptors (Lipinski definition) is 3. The van der Waals surface area contributed by atoms with Crippen LogP contribution in [0, 0.1) is 0 Å². The lowest BCUT2D eigenvalue weighted by Crippen LogP contribution is -2.01. The van der Waals surface area contributed by atoms with Crippen LogP contribution < -0.4 is 0 Å². The van der Waals surface area contributed by atoms with E-state index in [4.69, 9.17) is 26.6 Å². The quantitative estimate of drug-likeness (QED) is 0.252. The maximum absolute atomic E-state index is 6.52. The van der Waals surface area contributed by atoms with Gasteiger partial charge in [-0.05, 0) is 39.2 Å². The van der Waals surface area contributed by atoms with Gasteiger partial charge in [0.2, 0.25) is 0 Å². The van der Waals surface area contributed by atoms with Gasteiger partial charge in [-0.2, -0.15) is 0 Å². The lowest BCUT2D eigenvalue weighted by Gasteiger charge is -2.11. The van der Waals surface area contributed by atoms with E-state index in [1.54, 1.807) is 0 Å². The molecule has 154 valence electrons. The van der Waals surface area contributed by atoms with Crippen LogP contribution in [-0.2, 0) is 0 Å². The fourth-order valence-electron chi connectivity index (χ4n) is 3.49. The number of halogens is 2. The van der Waals surface area contributed by atoms with Crippen LogP contribution in [0.5, 0.6) is 0 Å². The van der Waals surface area contributed by atoms with E-state index < -0.39 is 0 Å². The van der Waals surface area contributed by atoms with Crippen molar-refractivity contribution in [3.8, 4) is 45.3 Å². The van der Waals surface area contributed by atoms with Gasteiger partial charge in [0, 0.05) is 15.6 Å². The van der Waals surface area contributed by atoms with Crippen LogP contribution in [0.4, 0.5) is 0 Å². The maximum atomic E-state index is 6.52. The first-order chi connectivity index (χ1) is 15.7. The summed E-state index contributed by atoms with van der Waals surface area (Å²) in [4.78, 5) is 14.3. The summed E-state index contributed by atoms with van der Waals surface area (Å²) >= 11 is 10.1. The Bertz CT molecular complexity index is 1350. The molecule has 0 unspecified atom stereocenters. The highest BCUT2D eigenvalue weighted by Crippen LogP contribution is 2.34. The zero-order valence-corrected chi connectivity index (χ0v) is 19.3. The molecule has 0 amide bonds. The lowest BCUT2D eigenvalue weighted by molar-refractivity contribution is 1.07. The van der Waals surface area contributed by atoms with Crippen molar-refractivity contribution in [3.63, 3.8) is 0 Å². The van der Waals surface area contributed by atoms with Gasteiger partial charge in [-0.15, -0.1) is 0 Å². The molecule has 5 heteroatoms. The van der Waals surface area contributed by atoms with E-state index in [0.29, 0.717) is 22.5 Å². The Morgan fingerprint density at radius 2 is 0.938 bits per heavy atom. The Morgan fingerprint density at radius 1 is 0.469 bits per heavy atom. The van der Waals surface area contributed by atoms with Gasteiger partial charge in [-0.3, -0.25) is 0 Å². The highest BCUT2D eigenvalue weighted by atomic mass is 79.9. The third-order valence-electron chi connectivity index (χ3n) is 5.10. The fourth-order valence-corrected chi connectivity index (χ4v) is 4.40. The molecule has 0 aliphatic heterocycles. The zero-order chi connectivity index (χ0) is 21.9. The molecule has 0 fully saturated rings. The molecule has 0 aliphatic rings. The van der Waals surface area contributed by atoms with Gasteiger partial charge >= 0.3 is 0 Å². The van der Waals surface area contributed by atoms with Crippen LogP contribution in [-0.4, -0.2) is 15.0 Å². The van der Waals surface area contributed by atoms with E-state index in [1.165, 1.54) is 5.56 Å². The molecule has 4 aromatic carbocycles. The summed E-state index contributed by atoms with van der Waals surface area (Å²) in [6.07, 6.45) is 0. The second kappa shape index (κ2) is 9.03. The van der Waals surface area contributed by atoms with Crippen molar-refractivity contribution in [2.75, 3.05) is 0 Å². The topological polar surface area (TPSA) is 38.7 Å². The van der Waals surface area contributed by atoms with Gasteiger partial charge in [-0.25, -0.2) is 15.0 Å². The van der Waals surface area contributed by atoms with Crippen molar-refractivity contribution < 1.29 is 0 Å². The minimum absolute atomic E-state index is 0.526. The number of rotatable bonds is 4. The number of nitrogens with zero attached hydrogens (tertiary/aromatic N) is 3. The van der Waals surface area contributed by atoms with Crippen LogP contribution in [0.2, 0.25) is 5.02 Å². The van der Waals surface area contributed by atoms with Gasteiger partial charge in [0.1, 0.15) is 0 Å². The van der Waals surface area contributed by atoms with Gasteiger partial charge in [0.05, 0.1) is 10.6 Å². The molecule has 5 rings (SSSR count). The van der Waals surface area contributed by atoms with E-state index in [0.717, 1.165) is 26.7 Å². The molecule has 5 aromatic rings. The molecular formula is C27H17BrClN3. The summed E-state index contributed by atoms with van der Waals surface area (Å²) in [7, 11) is 0. The normalized spacial score (nSPS) is 10.8. The van der Waals surface area contributed by atoms with Gasteiger partial charge < -0.3 is 0 Å². The highest BCUT2D eigenvalue weighted by molar-refractivity contribution is 9.10. The summed E-state index contributed by atoms with van der Waals surface area (Å²) in [5.41, 5.74) is 4.88. The largest absolute Gasteiger partial charge is 0.208 e. The van der Waals surface area contributed by atoms with Crippen LogP contribution >= 0.6 is 27.5 Å². The monoisotopic (exact) mass is 497 g/mol. The molecular weight excluding hydrogens is 482 g/mol. The second-order valence-electron chi connectivity index (χ2n) is 7.21. The van der Waals surface area contributed by atoms with E-state index in [-0.39, 0.29) is 0 Å². The fraction of sp³-hybridized carbons (Fsp3) is 0. The Labute approximate surface area is 199 Å². The first kappa shape index (κ1) is 20.6. The standard InChI is InChI=1S/C27H17BrClN3/c28-22-12-7-13-23(29)24(22)27-31-25(20-10-5-2-6-11-20)30-26(32-27)21-16-14-19(15-17-21)18-8-3-1-4-9-18/h1-17H. The number of benzene rings is 4. The van der Waals surface area contributed by atoms with Crippen molar-refractivity contribution in [3.05, 3.63) is 113 Å². The average Bonchev–Trinajstić information content (AvgIpc) is 2.85. The van der Waals surface area contributed by atoms with Crippen LogP contribution in [0.3, 0.4) is 0 Å². The minimum Gasteiger partial charge on any atom is -0.208 e. The third kappa shape index (κ3) is 4.20. The average molecular weight is 499 g/mol. The van der Waals surface area contributed by atoms with Crippen LogP contribution in [0.1, 0.15) is 0 Å². The molecule has 0 saturated heterocycles. The zero-order valence-electron chi connectivity index (χ0n) is 16.9. The molecule has 0 radical (unpaired) electrons. The molecule has 1 aromatic heterocycles. The van der Waals surface area contributed by atoms with Crippen molar-refractivity contribution >= 4 is 27.5 Å². The number of aromatic nitrogens is 3. The van der Waals surface area contributed by atoms with Crippen LogP contribution in [0.15, 0.2) is 108 Å². The highest BCUT2D eigenvalue weighted by Gasteiger charge is 2.16. The van der Waals surface area contributed by atoms with Crippen molar-refractivity contribution in [1.82, 2.24) is 15.0 Å². The summed E-state index contributed by atoms with van der Waals surface area (Å²) < 4.78 is 0.834. The third-order valence-corrected chi connectivity index (χ3v) is 6.08. The lowest BCUT2D eigenvalue weighted by atomic mass is 10.0. The van der Waals surface area contributed by atoms with E-state index >= 15 is 0 Å². The predicted octanol–water partition coefficient (Wildman–Crippen LogP) is 7.96. The summed E-state index contributed by atoms with van der Waals surface area (Å²) in [5, 5.41) is 0.579. The maximum Gasteiger partial charge on any atom is 0.166 e. The molecule has 0 atom stereocenters. The Balaban J connectivity index is 1.65. The van der Waals surface area contributed by atoms with E-state index in [1.807, 2.05) is 78.9 Å². The van der Waals surface area contributed by atoms with Crippen LogP contribution in [0.25, 0.3) is 45.3 Å². The predicted molar refractivity (Wildman–Crippen MR) is 134 cm³/mol. The molecule has 0 saturated carbocycles. The molecule has 1 heterocycles. The first-order valence-electron chi connectivity index (χ1n) is 10.1. The van der Waals surface area contributed by atoms with E-state index in [9.17, 15) is 0 Å². The summed E-state index contributed by atoms with van der Waals surface area (Å²) in [6.45, 7) is 0. The molecule has 0 bridgehead atoms. The Kier molecular flexibility index (Phi) is 5.80. The first-order valence-corrected chi connectivity index (χ1v) is 11.3. The molecule has 0 N–H and O–H groups in total. The van der Waals surface area contributed by atoms with Gasteiger partial charge in [0.15, 0.2) is 17.5 Å². The van der Waals surface area contributed by atoms with Gasteiger partial charge in [0.25, 0.3) is 0 Å². The van der Waals surface area contributed by atoms with E-state index in [2.05, 4.69) is 40.2 Å². The Hall–Kier alpha value is -3.34. The molecule has 0 spiro atoms. The minimum atomic E-state index is 0.526. The Morgan fingerprint density at radius 3 is 1.53 bits per heavy atom.